The molecule has 0 spiro atoms. The van der Waals surface area contributed by atoms with Crippen molar-refractivity contribution in [3.8, 4) is 0 Å². The van der Waals surface area contributed by atoms with Gasteiger partial charge in [-0.15, -0.1) is 0 Å². The molecule has 0 aliphatic carbocycles. The van der Waals surface area contributed by atoms with Crippen LogP contribution in [0.25, 0.3) is 0 Å². The summed E-state index contributed by atoms with van der Waals surface area (Å²) in [6.45, 7) is 7.50. The third-order valence-corrected chi connectivity index (χ3v) is 7.02. The SMILES string of the molecule is CCNC(=O)[C@H](CCC(N)=O)NC(=O)[C@H](CCc1cccc(C)c1)NC(=O)[C@@H]1CCCN1C(=O)[C@H](CC)NC(C)=O. The average molecular weight is 573 g/mol. The van der Waals surface area contributed by atoms with Gasteiger partial charge in [-0.2, -0.15) is 0 Å². The predicted molar refractivity (Wildman–Crippen MR) is 153 cm³/mol. The summed E-state index contributed by atoms with van der Waals surface area (Å²) < 4.78 is 0. The molecule has 6 amide bonds. The van der Waals surface area contributed by atoms with Gasteiger partial charge >= 0.3 is 0 Å². The van der Waals surface area contributed by atoms with E-state index in [9.17, 15) is 28.8 Å². The molecular formula is C29H44N6O6. The molecule has 41 heavy (non-hydrogen) atoms. The van der Waals surface area contributed by atoms with E-state index in [4.69, 9.17) is 5.73 Å². The molecule has 0 radical (unpaired) electrons. The highest BCUT2D eigenvalue weighted by atomic mass is 16.2. The molecule has 226 valence electrons. The molecule has 12 nitrogen and oxygen atoms in total. The van der Waals surface area contributed by atoms with Gasteiger partial charge in [0, 0.05) is 26.4 Å². The second-order valence-electron chi connectivity index (χ2n) is 10.4. The number of primary amides is 1. The number of carbonyl (C=O) groups excluding carboxylic acids is 6. The number of rotatable bonds is 15. The topological polar surface area (TPSA) is 180 Å². The molecule has 1 aliphatic heterocycles. The number of likely N-dealkylation sites (N-methyl/N-ethyl adjacent to an activating group) is 1. The molecule has 1 fully saturated rings. The lowest BCUT2D eigenvalue weighted by atomic mass is 10.0. The zero-order chi connectivity index (χ0) is 30.5. The van der Waals surface area contributed by atoms with Crippen LogP contribution in [-0.4, -0.2) is 77.6 Å². The Balaban J connectivity index is 2.24. The van der Waals surface area contributed by atoms with Crippen LogP contribution in [0.2, 0.25) is 0 Å². The normalized spacial score (nSPS) is 16.7. The third kappa shape index (κ3) is 10.5. The highest BCUT2D eigenvalue weighted by molar-refractivity contribution is 5.95. The third-order valence-electron chi connectivity index (χ3n) is 7.02. The Morgan fingerprint density at radius 3 is 2.29 bits per heavy atom. The monoisotopic (exact) mass is 572 g/mol. The smallest absolute Gasteiger partial charge is 0.245 e. The molecule has 0 aromatic heterocycles. The van der Waals surface area contributed by atoms with Crippen LogP contribution in [0.4, 0.5) is 0 Å². The molecular weight excluding hydrogens is 528 g/mol. The maximum Gasteiger partial charge on any atom is 0.245 e. The number of carbonyl (C=O) groups is 6. The van der Waals surface area contributed by atoms with Crippen LogP contribution in [0, 0.1) is 6.92 Å². The number of hydrogen-bond acceptors (Lipinski definition) is 6. The number of nitrogens with two attached hydrogens (primary N) is 1. The largest absolute Gasteiger partial charge is 0.370 e. The summed E-state index contributed by atoms with van der Waals surface area (Å²) >= 11 is 0. The van der Waals surface area contributed by atoms with Crippen molar-refractivity contribution in [1.82, 2.24) is 26.2 Å². The van der Waals surface area contributed by atoms with E-state index in [2.05, 4.69) is 21.3 Å². The van der Waals surface area contributed by atoms with Crippen molar-refractivity contribution < 1.29 is 28.8 Å². The molecule has 1 aromatic rings. The Morgan fingerprint density at radius 1 is 0.976 bits per heavy atom. The van der Waals surface area contributed by atoms with E-state index < -0.39 is 47.8 Å². The maximum atomic E-state index is 13.5. The van der Waals surface area contributed by atoms with Gasteiger partial charge < -0.3 is 31.9 Å². The van der Waals surface area contributed by atoms with E-state index in [1.165, 1.54) is 11.8 Å². The van der Waals surface area contributed by atoms with Gasteiger partial charge in [0.05, 0.1) is 0 Å². The Morgan fingerprint density at radius 2 is 1.68 bits per heavy atom. The van der Waals surface area contributed by atoms with Crippen LogP contribution in [0.1, 0.15) is 70.4 Å². The molecule has 1 aliphatic rings. The lowest BCUT2D eigenvalue weighted by molar-refractivity contribution is -0.142. The van der Waals surface area contributed by atoms with Crippen molar-refractivity contribution in [2.24, 2.45) is 5.73 Å². The van der Waals surface area contributed by atoms with Crippen molar-refractivity contribution >= 4 is 35.4 Å². The van der Waals surface area contributed by atoms with Crippen molar-refractivity contribution in [2.75, 3.05) is 13.1 Å². The van der Waals surface area contributed by atoms with Crippen molar-refractivity contribution in [2.45, 2.75) is 96.8 Å². The van der Waals surface area contributed by atoms with E-state index in [1.54, 1.807) is 13.8 Å². The highest BCUT2D eigenvalue weighted by Crippen LogP contribution is 2.20. The standard InChI is InChI=1S/C29H44N6O6/c1-5-21(32-19(4)36)29(41)35-16-8-11-24(35)28(40)34-23(13-12-20-10-7-9-18(3)17-20)27(39)33-22(14-15-25(30)37)26(38)31-6-2/h7,9-10,17,21-24H,5-6,8,11-16H2,1-4H3,(H2,30,37)(H,31,38)(H,32,36)(H,33,39)(H,34,40)/t21-,22-,23-,24-/m0/s1. The first kappa shape index (κ1) is 33.2. The Bertz CT molecular complexity index is 1110. The van der Waals surface area contributed by atoms with Crippen LogP contribution in [0.15, 0.2) is 24.3 Å². The number of hydrogen-bond donors (Lipinski definition) is 5. The zero-order valence-corrected chi connectivity index (χ0v) is 24.5. The van der Waals surface area contributed by atoms with Crippen molar-refractivity contribution in [1.29, 1.82) is 0 Å². The summed E-state index contributed by atoms with van der Waals surface area (Å²) in [5, 5.41) is 10.8. The van der Waals surface area contributed by atoms with Gasteiger partial charge in [-0.05, 0) is 57.9 Å². The minimum absolute atomic E-state index is 0.0118. The maximum absolute atomic E-state index is 13.5. The molecule has 1 aromatic carbocycles. The molecule has 2 rings (SSSR count). The van der Waals surface area contributed by atoms with E-state index in [1.807, 2.05) is 31.2 Å². The minimum atomic E-state index is -1.01. The van der Waals surface area contributed by atoms with Crippen LogP contribution in [0.3, 0.4) is 0 Å². The summed E-state index contributed by atoms with van der Waals surface area (Å²) in [6, 6.07) is 4.22. The second-order valence-corrected chi connectivity index (χ2v) is 10.4. The second kappa shape index (κ2) is 16.3. The number of likely N-dealkylation sites (tertiary alicyclic amines) is 1. The molecule has 1 saturated heterocycles. The summed E-state index contributed by atoms with van der Waals surface area (Å²) in [5.74, 6) is -2.80. The lowest BCUT2D eigenvalue weighted by Crippen LogP contribution is -2.57. The van der Waals surface area contributed by atoms with Gasteiger partial charge in [0.25, 0.3) is 0 Å². The summed E-state index contributed by atoms with van der Waals surface area (Å²) in [7, 11) is 0. The van der Waals surface area contributed by atoms with Crippen molar-refractivity contribution in [3.05, 3.63) is 35.4 Å². The Hall–Kier alpha value is -3.96. The molecule has 0 bridgehead atoms. The summed E-state index contributed by atoms with van der Waals surface area (Å²) in [4.78, 5) is 77.2. The lowest BCUT2D eigenvalue weighted by Gasteiger charge is -2.29. The Labute approximate surface area is 241 Å². The van der Waals surface area contributed by atoms with E-state index in [0.29, 0.717) is 38.8 Å². The quantitative estimate of drug-likeness (QED) is 0.200. The average Bonchev–Trinajstić information content (AvgIpc) is 3.41. The van der Waals surface area contributed by atoms with E-state index in [-0.39, 0.29) is 31.1 Å². The van der Waals surface area contributed by atoms with Gasteiger partial charge in [0.2, 0.25) is 35.4 Å². The Kier molecular flexibility index (Phi) is 13.2. The first-order valence-corrected chi connectivity index (χ1v) is 14.3. The highest BCUT2D eigenvalue weighted by Gasteiger charge is 2.38. The first-order valence-electron chi connectivity index (χ1n) is 14.3. The first-order chi connectivity index (χ1) is 19.5. The number of aryl methyl sites for hydroxylation is 2. The fourth-order valence-corrected chi connectivity index (χ4v) is 4.93. The van der Waals surface area contributed by atoms with Gasteiger partial charge in [-0.25, -0.2) is 0 Å². The fourth-order valence-electron chi connectivity index (χ4n) is 4.93. The van der Waals surface area contributed by atoms with Crippen molar-refractivity contribution in [3.63, 3.8) is 0 Å². The van der Waals surface area contributed by atoms with Gasteiger partial charge in [-0.1, -0.05) is 36.8 Å². The number of nitrogens with zero attached hydrogens (tertiary/aromatic N) is 1. The predicted octanol–water partition coefficient (Wildman–Crippen LogP) is 0.205. The molecule has 12 heteroatoms. The van der Waals surface area contributed by atoms with E-state index in [0.717, 1.165) is 11.1 Å². The number of amides is 6. The van der Waals surface area contributed by atoms with Crippen LogP contribution >= 0.6 is 0 Å². The zero-order valence-electron chi connectivity index (χ0n) is 24.5. The van der Waals surface area contributed by atoms with E-state index >= 15 is 0 Å². The summed E-state index contributed by atoms with van der Waals surface area (Å²) in [6.07, 6.45) is 2.01. The van der Waals surface area contributed by atoms with Crippen LogP contribution in [0.5, 0.6) is 0 Å². The van der Waals surface area contributed by atoms with Gasteiger partial charge in [0.15, 0.2) is 0 Å². The molecule has 6 N–H and O–H groups in total. The van der Waals surface area contributed by atoms with Gasteiger partial charge in [-0.3, -0.25) is 28.8 Å². The number of benzene rings is 1. The van der Waals surface area contributed by atoms with Crippen LogP contribution in [-0.2, 0) is 35.2 Å². The summed E-state index contributed by atoms with van der Waals surface area (Å²) in [5.41, 5.74) is 7.30. The minimum Gasteiger partial charge on any atom is -0.370 e. The fraction of sp³-hybridized carbons (Fsp3) is 0.586. The molecule has 0 unspecified atom stereocenters. The van der Waals surface area contributed by atoms with Gasteiger partial charge in [0.1, 0.15) is 24.2 Å². The van der Waals surface area contributed by atoms with Crippen LogP contribution < -0.4 is 27.0 Å². The molecule has 4 atom stereocenters. The molecule has 1 heterocycles. The number of nitrogens with one attached hydrogen (secondary N) is 4. The molecule has 0 saturated carbocycles.